The molecule has 1 N–H and O–H groups in total. The van der Waals surface area contributed by atoms with Gasteiger partial charge in [-0.2, -0.15) is 13.2 Å². The van der Waals surface area contributed by atoms with Crippen molar-refractivity contribution in [3.8, 4) is 0 Å². The molecule has 1 aromatic rings. The SMILES string of the molecule is Cc1cc(C(F)(F)F)nc2c1CCN2. The van der Waals surface area contributed by atoms with Gasteiger partial charge >= 0.3 is 6.18 Å². The highest BCUT2D eigenvalue weighted by atomic mass is 19.4. The Hall–Kier alpha value is -1.26. The maximum absolute atomic E-state index is 12.3. The number of nitrogens with zero attached hydrogens (tertiary/aromatic N) is 1. The number of aromatic nitrogens is 1. The zero-order chi connectivity index (χ0) is 10.3. The Labute approximate surface area is 79.2 Å². The molecule has 0 aliphatic carbocycles. The van der Waals surface area contributed by atoms with E-state index in [0.717, 1.165) is 18.1 Å². The van der Waals surface area contributed by atoms with Crippen LogP contribution in [0.15, 0.2) is 6.07 Å². The molecule has 2 rings (SSSR count). The third-order valence-corrected chi connectivity index (χ3v) is 2.31. The molecule has 0 aromatic carbocycles. The average Bonchev–Trinajstić information content (AvgIpc) is 2.50. The maximum Gasteiger partial charge on any atom is 0.433 e. The van der Waals surface area contributed by atoms with Crippen LogP contribution in [0.25, 0.3) is 0 Å². The van der Waals surface area contributed by atoms with Gasteiger partial charge in [-0.1, -0.05) is 0 Å². The van der Waals surface area contributed by atoms with Gasteiger partial charge in [-0.3, -0.25) is 0 Å². The lowest BCUT2D eigenvalue weighted by Crippen LogP contribution is -2.09. The van der Waals surface area contributed by atoms with Gasteiger partial charge in [0.15, 0.2) is 0 Å². The number of hydrogen-bond acceptors (Lipinski definition) is 2. The summed E-state index contributed by atoms with van der Waals surface area (Å²) in [6.07, 6.45) is -3.60. The minimum atomic E-state index is -4.36. The van der Waals surface area contributed by atoms with Gasteiger partial charge in [0.2, 0.25) is 0 Å². The molecule has 2 nitrogen and oxygen atoms in total. The fourth-order valence-corrected chi connectivity index (χ4v) is 1.61. The summed E-state index contributed by atoms with van der Waals surface area (Å²) in [5, 5.41) is 2.84. The normalized spacial score (nSPS) is 15.1. The van der Waals surface area contributed by atoms with Crippen LogP contribution in [0, 0.1) is 6.92 Å². The van der Waals surface area contributed by atoms with Crippen molar-refractivity contribution < 1.29 is 13.2 Å². The lowest BCUT2D eigenvalue weighted by molar-refractivity contribution is -0.141. The second kappa shape index (κ2) is 2.87. The molecule has 0 radical (unpaired) electrons. The Morgan fingerprint density at radius 2 is 2.14 bits per heavy atom. The van der Waals surface area contributed by atoms with Crippen molar-refractivity contribution in [1.29, 1.82) is 0 Å². The molecular formula is C9H9F3N2. The Kier molecular flexibility index (Phi) is 1.90. The minimum Gasteiger partial charge on any atom is -0.369 e. The number of nitrogens with one attached hydrogen (secondary N) is 1. The molecule has 0 bridgehead atoms. The van der Waals surface area contributed by atoms with Crippen LogP contribution < -0.4 is 5.32 Å². The summed E-state index contributed by atoms with van der Waals surface area (Å²) in [6, 6.07) is 1.10. The summed E-state index contributed by atoms with van der Waals surface area (Å²) < 4.78 is 37.0. The highest BCUT2D eigenvalue weighted by molar-refractivity contribution is 5.53. The lowest BCUT2D eigenvalue weighted by atomic mass is 10.1. The largest absolute Gasteiger partial charge is 0.433 e. The van der Waals surface area contributed by atoms with Crippen molar-refractivity contribution in [2.24, 2.45) is 0 Å². The second-order valence-corrected chi connectivity index (χ2v) is 3.33. The fourth-order valence-electron chi connectivity index (χ4n) is 1.61. The number of anilines is 1. The molecule has 0 unspecified atom stereocenters. The molecule has 14 heavy (non-hydrogen) atoms. The number of pyridine rings is 1. The van der Waals surface area contributed by atoms with Gasteiger partial charge in [0, 0.05) is 6.54 Å². The number of rotatable bonds is 0. The number of fused-ring (bicyclic) bond motifs is 1. The van der Waals surface area contributed by atoms with E-state index < -0.39 is 11.9 Å². The molecule has 1 aliphatic rings. The quantitative estimate of drug-likeness (QED) is 0.698. The van der Waals surface area contributed by atoms with Crippen molar-refractivity contribution in [3.63, 3.8) is 0 Å². The number of aryl methyl sites for hydroxylation is 1. The van der Waals surface area contributed by atoms with Crippen LogP contribution in [-0.2, 0) is 12.6 Å². The van der Waals surface area contributed by atoms with E-state index in [4.69, 9.17) is 0 Å². The van der Waals surface area contributed by atoms with E-state index in [0.29, 0.717) is 17.9 Å². The lowest BCUT2D eigenvalue weighted by Gasteiger charge is -2.09. The van der Waals surface area contributed by atoms with Gasteiger partial charge in [-0.25, -0.2) is 4.98 Å². The summed E-state index contributed by atoms with van der Waals surface area (Å²) in [5.41, 5.74) is 0.744. The third-order valence-electron chi connectivity index (χ3n) is 2.31. The summed E-state index contributed by atoms with van der Waals surface area (Å²) in [6.45, 7) is 2.35. The third kappa shape index (κ3) is 1.42. The van der Waals surface area contributed by atoms with Crippen LogP contribution in [0.5, 0.6) is 0 Å². The molecule has 0 saturated heterocycles. The van der Waals surface area contributed by atoms with Crippen LogP contribution >= 0.6 is 0 Å². The summed E-state index contributed by atoms with van der Waals surface area (Å²) in [4.78, 5) is 3.55. The van der Waals surface area contributed by atoms with Crippen molar-refractivity contribution >= 4 is 5.82 Å². The van der Waals surface area contributed by atoms with Gasteiger partial charge in [-0.15, -0.1) is 0 Å². The smallest absolute Gasteiger partial charge is 0.369 e. The number of halogens is 3. The topological polar surface area (TPSA) is 24.9 Å². The summed E-state index contributed by atoms with van der Waals surface area (Å²) >= 11 is 0. The molecule has 0 spiro atoms. The van der Waals surface area contributed by atoms with Crippen LogP contribution in [0.4, 0.5) is 19.0 Å². The predicted octanol–water partition coefficient (Wildman–Crippen LogP) is 2.38. The van der Waals surface area contributed by atoms with E-state index in [2.05, 4.69) is 10.3 Å². The van der Waals surface area contributed by atoms with Crippen molar-refractivity contribution in [1.82, 2.24) is 4.98 Å². The van der Waals surface area contributed by atoms with E-state index in [9.17, 15) is 13.2 Å². The maximum atomic E-state index is 12.3. The van der Waals surface area contributed by atoms with E-state index in [-0.39, 0.29) is 0 Å². The first-order valence-electron chi connectivity index (χ1n) is 4.30. The molecule has 5 heteroatoms. The molecule has 0 atom stereocenters. The van der Waals surface area contributed by atoms with Gasteiger partial charge in [0.05, 0.1) is 0 Å². The van der Waals surface area contributed by atoms with E-state index in [1.807, 2.05) is 0 Å². The standard InChI is InChI=1S/C9H9F3N2/c1-5-4-7(9(10,11)12)14-8-6(5)2-3-13-8/h4H,2-3H2,1H3,(H,13,14). The highest BCUT2D eigenvalue weighted by Gasteiger charge is 2.34. The molecule has 2 heterocycles. The van der Waals surface area contributed by atoms with Crippen LogP contribution in [0.2, 0.25) is 0 Å². The van der Waals surface area contributed by atoms with Gasteiger partial charge in [-0.05, 0) is 30.5 Å². The molecule has 1 aliphatic heterocycles. The predicted molar refractivity (Wildman–Crippen MR) is 46.2 cm³/mol. The van der Waals surface area contributed by atoms with Crippen LogP contribution in [0.1, 0.15) is 16.8 Å². The van der Waals surface area contributed by atoms with Crippen LogP contribution in [0.3, 0.4) is 0 Å². The Bertz CT molecular complexity index is 371. The zero-order valence-corrected chi connectivity index (χ0v) is 7.57. The van der Waals surface area contributed by atoms with E-state index in [1.165, 1.54) is 0 Å². The van der Waals surface area contributed by atoms with Crippen LogP contribution in [-0.4, -0.2) is 11.5 Å². The number of alkyl halides is 3. The van der Waals surface area contributed by atoms with E-state index >= 15 is 0 Å². The first-order valence-corrected chi connectivity index (χ1v) is 4.30. The summed E-state index contributed by atoms with van der Waals surface area (Å²) in [5.74, 6) is 0.386. The van der Waals surface area contributed by atoms with Gasteiger partial charge in [0.1, 0.15) is 11.5 Å². The monoisotopic (exact) mass is 202 g/mol. The molecular weight excluding hydrogens is 193 g/mol. The van der Waals surface area contributed by atoms with Crippen molar-refractivity contribution in [2.75, 3.05) is 11.9 Å². The average molecular weight is 202 g/mol. The van der Waals surface area contributed by atoms with Crippen molar-refractivity contribution in [2.45, 2.75) is 19.5 Å². The van der Waals surface area contributed by atoms with E-state index in [1.54, 1.807) is 6.92 Å². The summed E-state index contributed by atoms with van der Waals surface area (Å²) in [7, 11) is 0. The Balaban J connectivity index is 2.52. The molecule has 0 amide bonds. The van der Waals surface area contributed by atoms with Gasteiger partial charge in [0.25, 0.3) is 0 Å². The highest BCUT2D eigenvalue weighted by Crippen LogP contribution is 2.32. The van der Waals surface area contributed by atoms with Crippen molar-refractivity contribution in [3.05, 3.63) is 22.9 Å². The first-order chi connectivity index (χ1) is 6.48. The van der Waals surface area contributed by atoms with Gasteiger partial charge < -0.3 is 5.32 Å². The second-order valence-electron chi connectivity index (χ2n) is 3.33. The fraction of sp³-hybridized carbons (Fsp3) is 0.444. The molecule has 1 aromatic heterocycles. The molecule has 0 fully saturated rings. The first kappa shape index (κ1) is 9.30. The molecule has 0 saturated carbocycles. The Morgan fingerprint density at radius 3 is 2.79 bits per heavy atom. The Morgan fingerprint density at radius 1 is 1.43 bits per heavy atom. The minimum absolute atomic E-state index is 0.386. The number of hydrogen-bond donors (Lipinski definition) is 1. The zero-order valence-electron chi connectivity index (χ0n) is 7.57. The molecule has 76 valence electrons.